The van der Waals surface area contributed by atoms with E-state index in [4.69, 9.17) is 4.74 Å². The lowest BCUT2D eigenvalue weighted by molar-refractivity contribution is -0.145. The Morgan fingerprint density at radius 1 is 1.37 bits per heavy atom. The van der Waals surface area contributed by atoms with Gasteiger partial charge >= 0.3 is 5.97 Å². The van der Waals surface area contributed by atoms with Gasteiger partial charge in [-0.2, -0.15) is 0 Å². The zero-order chi connectivity index (χ0) is 14.0. The molecule has 0 aromatic heterocycles. The van der Waals surface area contributed by atoms with E-state index in [1.165, 1.54) is 0 Å². The molecule has 19 heavy (non-hydrogen) atoms. The van der Waals surface area contributed by atoms with Crippen LogP contribution >= 0.6 is 0 Å². The Balaban J connectivity index is 2.50. The van der Waals surface area contributed by atoms with E-state index in [-0.39, 0.29) is 0 Å². The lowest BCUT2D eigenvalue weighted by Crippen LogP contribution is -2.39. The number of methoxy groups -OCH3 is 1. The number of rotatable bonds is 3. The van der Waals surface area contributed by atoms with Gasteiger partial charge in [0.05, 0.1) is 12.5 Å². The minimum atomic E-state index is -0.774. The van der Waals surface area contributed by atoms with Crippen molar-refractivity contribution in [2.24, 2.45) is 5.92 Å². The molecule has 104 valence electrons. The fraction of sp³-hybridized carbons (Fsp3) is 0.562. The van der Waals surface area contributed by atoms with E-state index in [2.05, 4.69) is 6.92 Å². The molecule has 0 atom stereocenters. The van der Waals surface area contributed by atoms with Crippen LogP contribution in [-0.4, -0.2) is 18.2 Å². The van der Waals surface area contributed by atoms with Gasteiger partial charge in [-0.1, -0.05) is 24.6 Å². The van der Waals surface area contributed by atoms with E-state index in [0.29, 0.717) is 24.5 Å². The number of aryl methyl sites for hydroxylation is 1. The predicted octanol–water partition coefficient (Wildman–Crippen LogP) is 3.54. The van der Waals surface area contributed by atoms with E-state index >= 15 is 0 Å². The average Bonchev–Trinajstić information content (AvgIpc) is 2.39. The van der Waals surface area contributed by atoms with Gasteiger partial charge in [0, 0.05) is 5.56 Å². The van der Waals surface area contributed by atoms with Crippen LogP contribution in [0.5, 0.6) is 5.75 Å². The van der Waals surface area contributed by atoms with E-state index in [1.807, 2.05) is 25.1 Å². The van der Waals surface area contributed by atoms with Crippen LogP contribution < -0.4 is 4.74 Å². The topological polar surface area (TPSA) is 46.5 Å². The van der Waals surface area contributed by atoms with E-state index in [9.17, 15) is 9.90 Å². The molecule has 0 saturated heterocycles. The first-order valence-corrected chi connectivity index (χ1v) is 6.88. The molecule has 1 aliphatic carbocycles. The van der Waals surface area contributed by atoms with Gasteiger partial charge in [0.2, 0.25) is 0 Å². The normalized spacial score (nSPS) is 27.0. The molecule has 1 aromatic carbocycles. The molecule has 0 aliphatic heterocycles. The van der Waals surface area contributed by atoms with Crippen LogP contribution in [0.25, 0.3) is 0 Å². The Labute approximate surface area is 114 Å². The molecule has 3 nitrogen and oxygen atoms in total. The molecular formula is C16H22O3. The van der Waals surface area contributed by atoms with Crippen molar-refractivity contribution >= 4 is 5.97 Å². The Hall–Kier alpha value is -1.51. The van der Waals surface area contributed by atoms with Crippen molar-refractivity contribution in [2.75, 3.05) is 7.11 Å². The second-order valence-electron chi connectivity index (χ2n) is 5.77. The fourth-order valence-electron chi connectivity index (χ4n) is 3.05. The van der Waals surface area contributed by atoms with Crippen molar-refractivity contribution in [1.82, 2.24) is 0 Å². The molecule has 0 spiro atoms. The van der Waals surface area contributed by atoms with Crippen LogP contribution in [-0.2, 0) is 10.2 Å². The van der Waals surface area contributed by atoms with Gasteiger partial charge in [0.1, 0.15) is 5.75 Å². The standard InChI is InChI=1S/C16H22O3/c1-11-6-8-16(9-7-11,15(17)18)13-10-12(2)4-5-14(13)19-3/h4-5,10-11H,6-9H2,1-3H3,(H,17,18). The number of hydrogen-bond donors (Lipinski definition) is 1. The molecule has 1 fully saturated rings. The van der Waals surface area contributed by atoms with Crippen molar-refractivity contribution in [1.29, 1.82) is 0 Å². The van der Waals surface area contributed by atoms with Crippen LogP contribution in [0.3, 0.4) is 0 Å². The summed E-state index contributed by atoms with van der Waals surface area (Å²) in [5, 5.41) is 9.78. The lowest BCUT2D eigenvalue weighted by atomic mass is 9.66. The van der Waals surface area contributed by atoms with Crippen molar-refractivity contribution in [3.8, 4) is 5.75 Å². The molecule has 0 unspecified atom stereocenters. The van der Waals surface area contributed by atoms with E-state index < -0.39 is 11.4 Å². The zero-order valence-electron chi connectivity index (χ0n) is 11.9. The van der Waals surface area contributed by atoms with Crippen molar-refractivity contribution < 1.29 is 14.6 Å². The van der Waals surface area contributed by atoms with Crippen molar-refractivity contribution in [3.63, 3.8) is 0 Å². The van der Waals surface area contributed by atoms with Gasteiger partial charge in [-0.05, 0) is 44.6 Å². The second kappa shape index (κ2) is 5.24. The SMILES string of the molecule is COc1ccc(C)cc1C1(C(=O)O)CCC(C)CC1. The summed E-state index contributed by atoms with van der Waals surface area (Å²) >= 11 is 0. The van der Waals surface area contributed by atoms with E-state index in [1.54, 1.807) is 7.11 Å². The molecule has 2 rings (SSSR count). The van der Waals surface area contributed by atoms with Crippen molar-refractivity contribution in [2.45, 2.75) is 44.9 Å². The third-order valence-corrected chi connectivity index (χ3v) is 4.41. The highest BCUT2D eigenvalue weighted by atomic mass is 16.5. The third-order valence-electron chi connectivity index (χ3n) is 4.41. The molecule has 3 heteroatoms. The quantitative estimate of drug-likeness (QED) is 0.906. The van der Waals surface area contributed by atoms with Crippen molar-refractivity contribution in [3.05, 3.63) is 29.3 Å². The maximum atomic E-state index is 11.9. The zero-order valence-corrected chi connectivity index (χ0v) is 11.9. The van der Waals surface area contributed by atoms with Gasteiger partial charge in [-0.25, -0.2) is 0 Å². The Morgan fingerprint density at radius 3 is 2.53 bits per heavy atom. The molecule has 0 amide bonds. The number of carboxylic acid groups (broad SMARTS) is 1. The first-order valence-electron chi connectivity index (χ1n) is 6.88. The van der Waals surface area contributed by atoms with E-state index in [0.717, 1.165) is 24.0 Å². The maximum Gasteiger partial charge on any atom is 0.314 e. The minimum absolute atomic E-state index is 0.614. The van der Waals surface area contributed by atoms with Gasteiger partial charge in [0.25, 0.3) is 0 Å². The first kappa shape index (κ1) is 13.9. The summed E-state index contributed by atoms with van der Waals surface area (Å²) in [6, 6.07) is 5.82. The summed E-state index contributed by atoms with van der Waals surface area (Å²) in [4.78, 5) is 11.9. The molecule has 1 aliphatic rings. The average molecular weight is 262 g/mol. The Morgan fingerprint density at radius 2 is 2.00 bits per heavy atom. The maximum absolute atomic E-state index is 11.9. The summed E-state index contributed by atoms with van der Waals surface area (Å²) < 4.78 is 5.39. The molecule has 1 saturated carbocycles. The lowest BCUT2D eigenvalue weighted by Gasteiger charge is -2.37. The molecule has 1 aromatic rings. The number of hydrogen-bond acceptors (Lipinski definition) is 2. The highest BCUT2D eigenvalue weighted by Gasteiger charge is 2.44. The summed E-state index contributed by atoms with van der Waals surface area (Å²) in [6.07, 6.45) is 3.32. The Bertz CT molecular complexity index is 471. The summed E-state index contributed by atoms with van der Waals surface area (Å²) in [7, 11) is 1.61. The summed E-state index contributed by atoms with van der Waals surface area (Å²) in [6.45, 7) is 4.18. The van der Waals surface area contributed by atoms with Gasteiger partial charge in [-0.3, -0.25) is 4.79 Å². The van der Waals surface area contributed by atoms with Crippen LogP contribution in [0.15, 0.2) is 18.2 Å². The smallest absolute Gasteiger partial charge is 0.314 e. The van der Waals surface area contributed by atoms with Gasteiger partial charge in [0.15, 0.2) is 0 Å². The molecule has 0 radical (unpaired) electrons. The van der Waals surface area contributed by atoms with Crippen LogP contribution in [0.1, 0.15) is 43.7 Å². The number of carbonyl (C=O) groups is 1. The van der Waals surface area contributed by atoms with Crippen LogP contribution in [0.2, 0.25) is 0 Å². The summed E-state index contributed by atoms with van der Waals surface area (Å²) in [5.41, 5.74) is 1.15. The molecular weight excluding hydrogens is 240 g/mol. The Kier molecular flexibility index (Phi) is 3.83. The summed E-state index contributed by atoms with van der Waals surface area (Å²) in [5.74, 6) is 0.592. The largest absolute Gasteiger partial charge is 0.496 e. The predicted molar refractivity (Wildman–Crippen MR) is 74.7 cm³/mol. The third kappa shape index (κ3) is 2.46. The van der Waals surface area contributed by atoms with Gasteiger partial charge < -0.3 is 9.84 Å². The number of aliphatic carboxylic acids is 1. The molecule has 0 heterocycles. The minimum Gasteiger partial charge on any atom is -0.496 e. The highest BCUT2D eigenvalue weighted by Crippen LogP contribution is 2.45. The fourth-order valence-corrected chi connectivity index (χ4v) is 3.05. The number of carboxylic acids is 1. The van der Waals surface area contributed by atoms with Crippen LogP contribution in [0, 0.1) is 12.8 Å². The van der Waals surface area contributed by atoms with Crippen LogP contribution in [0.4, 0.5) is 0 Å². The molecule has 0 bridgehead atoms. The second-order valence-corrected chi connectivity index (χ2v) is 5.77. The molecule has 1 N–H and O–H groups in total. The monoisotopic (exact) mass is 262 g/mol. The number of benzene rings is 1. The van der Waals surface area contributed by atoms with Gasteiger partial charge in [-0.15, -0.1) is 0 Å². The number of ether oxygens (including phenoxy) is 1. The highest BCUT2D eigenvalue weighted by molar-refractivity contribution is 5.82. The first-order chi connectivity index (χ1) is 8.99.